The summed E-state index contributed by atoms with van der Waals surface area (Å²) in [7, 11) is 0. The molecule has 1 aromatic heterocycles. The lowest BCUT2D eigenvalue weighted by Gasteiger charge is -2.11. The number of hydrogen-bond acceptors (Lipinski definition) is 6. The van der Waals surface area contributed by atoms with E-state index in [4.69, 9.17) is 19.6 Å². The Morgan fingerprint density at radius 3 is 2.51 bits per heavy atom. The van der Waals surface area contributed by atoms with Gasteiger partial charge in [-0.25, -0.2) is 15.2 Å². The summed E-state index contributed by atoms with van der Waals surface area (Å²) in [5.41, 5.74) is 5.98. The monoisotopic (exact) mass is 469 g/mol. The second kappa shape index (κ2) is 10.9. The molecule has 0 radical (unpaired) electrons. The van der Waals surface area contributed by atoms with E-state index < -0.39 is 12.6 Å². The van der Waals surface area contributed by atoms with Gasteiger partial charge in [0.25, 0.3) is 5.91 Å². The van der Waals surface area contributed by atoms with Gasteiger partial charge in [0, 0.05) is 10.9 Å². The number of nitrogens with one attached hydrogen (secondary N) is 1. The van der Waals surface area contributed by atoms with Gasteiger partial charge in [-0.2, -0.15) is 5.10 Å². The SMILES string of the molecule is CCOc1cc(/C=N/NC(=O)c2cc(-c3ccccc3)nc3ccccc23)ccc1OCC(=O)O. The number of para-hydroxylation sites is 1. The predicted octanol–water partition coefficient (Wildman–Crippen LogP) is 4.53. The molecule has 3 aromatic carbocycles. The van der Waals surface area contributed by atoms with Gasteiger partial charge in [-0.05, 0) is 42.8 Å². The van der Waals surface area contributed by atoms with Crippen molar-refractivity contribution in [1.82, 2.24) is 10.4 Å². The van der Waals surface area contributed by atoms with E-state index in [1.54, 1.807) is 24.3 Å². The zero-order chi connectivity index (χ0) is 24.6. The van der Waals surface area contributed by atoms with Crippen molar-refractivity contribution >= 4 is 29.0 Å². The number of fused-ring (bicyclic) bond motifs is 1. The molecule has 0 fully saturated rings. The Kier molecular flexibility index (Phi) is 7.32. The van der Waals surface area contributed by atoms with E-state index in [9.17, 15) is 9.59 Å². The molecule has 0 bridgehead atoms. The molecular weight excluding hydrogens is 446 g/mol. The van der Waals surface area contributed by atoms with Gasteiger partial charge in [0.1, 0.15) is 0 Å². The van der Waals surface area contributed by atoms with Crippen LogP contribution in [-0.2, 0) is 4.79 Å². The van der Waals surface area contributed by atoms with Crippen molar-refractivity contribution in [2.45, 2.75) is 6.92 Å². The van der Waals surface area contributed by atoms with Gasteiger partial charge in [-0.15, -0.1) is 0 Å². The van der Waals surface area contributed by atoms with Crippen molar-refractivity contribution < 1.29 is 24.2 Å². The Morgan fingerprint density at radius 2 is 1.74 bits per heavy atom. The van der Waals surface area contributed by atoms with E-state index in [2.05, 4.69) is 10.5 Å². The first kappa shape index (κ1) is 23.4. The van der Waals surface area contributed by atoms with Crippen LogP contribution in [0.3, 0.4) is 0 Å². The van der Waals surface area contributed by atoms with Gasteiger partial charge in [-0.1, -0.05) is 48.5 Å². The normalized spacial score (nSPS) is 10.9. The highest BCUT2D eigenvalue weighted by molar-refractivity contribution is 6.07. The van der Waals surface area contributed by atoms with Gasteiger partial charge < -0.3 is 14.6 Å². The lowest BCUT2D eigenvalue weighted by molar-refractivity contribution is -0.139. The predicted molar refractivity (Wildman–Crippen MR) is 133 cm³/mol. The Labute approximate surface area is 201 Å². The van der Waals surface area contributed by atoms with Crippen molar-refractivity contribution in [3.63, 3.8) is 0 Å². The summed E-state index contributed by atoms with van der Waals surface area (Å²) < 4.78 is 10.8. The minimum Gasteiger partial charge on any atom is -0.490 e. The quantitative estimate of drug-likeness (QED) is 0.275. The van der Waals surface area contributed by atoms with Gasteiger partial charge in [0.15, 0.2) is 18.1 Å². The molecule has 1 amide bonds. The van der Waals surface area contributed by atoms with Crippen molar-refractivity contribution in [3.05, 3.63) is 90.0 Å². The van der Waals surface area contributed by atoms with Crippen LogP contribution in [0.5, 0.6) is 11.5 Å². The molecule has 2 N–H and O–H groups in total. The van der Waals surface area contributed by atoms with Crippen LogP contribution < -0.4 is 14.9 Å². The molecular formula is C27H23N3O5. The molecule has 0 aliphatic rings. The maximum Gasteiger partial charge on any atom is 0.341 e. The van der Waals surface area contributed by atoms with Crippen LogP contribution in [0, 0.1) is 0 Å². The van der Waals surface area contributed by atoms with Crippen LogP contribution >= 0.6 is 0 Å². The number of benzene rings is 3. The molecule has 0 saturated carbocycles. The highest BCUT2D eigenvalue weighted by Crippen LogP contribution is 2.28. The van der Waals surface area contributed by atoms with E-state index >= 15 is 0 Å². The van der Waals surface area contributed by atoms with Gasteiger partial charge in [0.05, 0.1) is 29.6 Å². The van der Waals surface area contributed by atoms with Crippen LogP contribution in [-0.4, -0.2) is 41.4 Å². The minimum absolute atomic E-state index is 0.312. The van der Waals surface area contributed by atoms with Crippen LogP contribution in [0.4, 0.5) is 0 Å². The first-order chi connectivity index (χ1) is 17.0. The summed E-state index contributed by atoms with van der Waals surface area (Å²) in [6, 6.07) is 23.8. The van der Waals surface area contributed by atoms with Crippen LogP contribution in [0.15, 0.2) is 84.0 Å². The van der Waals surface area contributed by atoms with Gasteiger partial charge in [-0.3, -0.25) is 4.79 Å². The summed E-state index contributed by atoms with van der Waals surface area (Å²) in [6.07, 6.45) is 1.48. The fourth-order valence-electron chi connectivity index (χ4n) is 3.48. The molecule has 0 unspecified atom stereocenters. The Morgan fingerprint density at radius 1 is 0.971 bits per heavy atom. The summed E-state index contributed by atoms with van der Waals surface area (Å²) in [4.78, 5) is 28.5. The second-order valence-corrected chi connectivity index (χ2v) is 7.46. The number of ether oxygens (including phenoxy) is 2. The van der Waals surface area contributed by atoms with Crippen LogP contribution in [0.2, 0.25) is 0 Å². The van der Waals surface area contributed by atoms with E-state index in [0.717, 1.165) is 10.9 Å². The molecule has 0 atom stereocenters. The third-order valence-electron chi connectivity index (χ3n) is 5.03. The molecule has 0 aliphatic heterocycles. The largest absolute Gasteiger partial charge is 0.490 e. The minimum atomic E-state index is -1.08. The van der Waals surface area contributed by atoms with Crippen molar-refractivity contribution in [2.75, 3.05) is 13.2 Å². The third kappa shape index (κ3) is 5.80. The number of amides is 1. The fraction of sp³-hybridized carbons (Fsp3) is 0.111. The number of aromatic nitrogens is 1. The van der Waals surface area contributed by atoms with Crippen LogP contribution in [0.1, 0.15) is 22.8 Å². The fourth-order valence-corrected chi connectivity index (χ4v) is 3.48. The zero-order valence-corrected chi connectivity index (χ0v) is 19.0. The number of pyridine rings is 1. The molecule has 4 rings (SSSR count). The van der Waals surface area contributed by atoms with E-state index in [-0.39, 0.29) is 5.91 Å². The molecule has 1 heterocycles. The lowest BCUT2D eigenvalue weighted by atomic mass is 10.0. The molecule has 0 saturated heterocycles. The number of aliphatic carboxylic acids is 1. The first-order valence-electron chi connectivity index (χ1n) is 10.9. The topological polar surface area (TPSA) is 110 Å². The zero-order valence-electron chi connectivity index (χ0n) is 19.0. The average Bonchev–Trinajstić information content (AvgIpc) is 2.88. The summed E-state index contributed by atoms with van der Waals surface area (Å²) >= 11 is 0. The van der Waals surface area contributed by atoms with E-state index in [1.807, 2.05) is 61.5 Å². The lowest BCUT2D eigenvalue weighted by Crippen LogP contribution is -2.18. The van der Waals surface area contributed by atoms with Crippen LogP contribution in [0.25, 0.3) is 22.2 Å². The average molecular weight is 469 g/mol. The third-order valence-corrected chi connectivity index (χ3v) is 5.03. The molecule has 4 aromatic rings. The molecule has 0 aliphatic carbocycles. The Balaban J connectivity index is 1.56. The Hall–Kier alpha value is -4.72. The number of rotatable bonds is 9. The summed E-state index contributed by atoms with van der Waals surface area (Å²) in [5, 5.41) is 13.6. The Bertz CT molecular complexity index is 1390. The number of hydrogen-bond donors (Lipinski definition) is 2. The molecule has 0 spiro atoms. The number of carbonyl (C=O) groups excluding carboxylic acids is 1. The number of carbonyl (C=O) groups is 2. The molecule has 35 heavy (non-hydrogen) atoms. The number of nitrogens with zero attached hydrogens (tertiary/aromatic N) is 2. The molecule has 8 nitrogen and oxygen atoms in total. The standard InChI is InChI=1S/C27H23N3O5/c1-2-34-25-14-18(12-13-24(25)35-17-26(31)32)16-28-30-27(33)21-15-23(19-8-4-3-5-9-19)29-22-11-7-6-10-20(21)22/h3-16H,2,17H2,1H3,(H,30,33)(H,31,32)/b28-16+. The highest BCUT2D eigenvalue weighted by Gasteiger charge is 2.14. The van der Waals surface area contributed by atoms with Crippen molar-refractivity contribution in [1.29, 1.82) is 0 Å². The molecule has 176 valence electrons. The number of carboxylic acids is 1. The number of carboxylic acid groups (broad SMARTS) is 1. The maximum atomic E-state index is 13.1. The molecule has 8 heteroatoms. The smallest absolute Gasteiger partial charge is 0.341 e. The van der Waals surface area contributed by atoms with Gasteiger partial charge >= 0.3 is 5.97 Å². The number of hydrazone groups is 1. The van der Waals surface area contributed by atoms with Crippen molar-refractivity contribution in [2.24, 2.45) is 5.10 Å². The summed E-state index contributed by atoms with van der Waals surface area (Å²) in [6.45, 7) is 1.71. The van der Waals surface area contributed by atoms with Crippen molar-refractivity contribution in [3.8, 4) is 22.8 Å². The van der Waals surface area contributed by atoms with E-state index in [0.29, 0.717) is 40.4 Å². The summed E-state index contributed by atoms with van der Waals surface area (Å²) in [5.74, 6) is -0.757. The van der Waals surface area contributed by atoms with E-state index in [1.165, 1.54) is 6.21 Å². The first-order valence-corrected chi connectivity index (χ1v) is 10.9. The second-order valence-electron chi connectivity index (χ2n) is 7.46. The maximum absolute atomic E-state index is 13.1. The van der Waals surface area contributed by atoms with Gasteiger partial charge in [0.2, 0.25) is 0 Å². The highest BCUT2D eigenvalue weighted by atomic mass is 16.5.